The molecule has 2 aliphatic carbocycles. The Morgan fingerprint density at radius 3 is 2.81 bits per heavy atom. The van der Waals surface area contributed by atoms with Crippen LogP contribution in [-0.4, -0.2) is 25.2 Å². The van der Waals surface area contributed by atoms with Crippen LogP contribution in [0.3, 0.4) is 0 Å². The van der Waals surface area contributed by atoms with Gasteiger partial charge in [0, 0.05) is 18.4 Å². The zero-order valence-electron chi connectivity index (χ0n) is 16.4. The Morgan fingerprint density at radius 1 is 1.38 bits per heavy atom. The molecule has 144 valence electrons. The quantitative estimate of drug-likeness (QED) is 0.531. The predicted octanol–water partition coefficient (Wildman–Crippen LogP) is 4.59. The summed E-state index contributed by atoms with van der Waals surface area (Å²) in [5.74, 6) is 0.593. The van der Waals surface area contributed by atoms with Crippen molar-refractivity contribution in [3.05, 3.63) is 23.8 Å². The standard InChI is InChI=1S/C22H32O4/c1-15-6-9-19-21(3,14-26-16(2)23)10-5-11-22(19,4)18(15)8-7-17-12-20(24)25-13-17/h12,18-19H,1,5-11,13-14H2,2-4H3/t18-,19-,21-,22+/m1/s1. The largest absolute Gasteiger partial charge is 0.465 e. The van der Waals surface area contributed by atoms with E-state index in [0.717, 1.165) is 37.7 Å². The minimum Gasteiger partial charge on any atom is -0.465 e. The van der Waals surface area contributed by atoms with E-state index in [-0.39, 0.29) is 22.8 Å². The van der Waals surface area contributed by atoms with Crippen LogP contribution in [0.2, 0.25) is 0 Å². The summed E-state index contributed by atoms with van der Waals surface area (Å²) < 4.78 is 10.5. The first-order valence-electron chi connectivity index (χ1n) is 9.92. The van der Waals surface area contributed by atoms with E-state index < -0.39 is 0 Å². The van der Waals surface area contributed by atoms with Gasteiger partial charge in [-0.2, -0.15) is 0 Å². The molecule has 0 N–H and O–H groups in total. The summed E-state index contributed by atoms with van der Waals surface area (Å²) in [6, 6.07) is 0. The van der Waals surface area contributed by atoms with E-state index in [1.807, 2.05) is 0 Å². The third kappa shape index (κ3) is 3.60. The number of esters is 2. The highest BCUT2D eigenvalue weighted by molar-refractivity contribution is 5.85. The molecule has 2 fully saturated rings. The molecule has 26 heavy (non-hydrogen) atoms. The first-order valence-corrected chi connectivity index (χ1v) is 9.92. The van der Waals surface area contributed by atoms with Crippen LogP contribution in [0.25, 0.3) is 0 Å². The summed E-state index contributed by atoms with van der Waals surface area (Å²) in [4.78, 5) is 22.7. The van der Waals surface area contributed by atoms with Gasteiger partial charge in [-0.15, -0.1) is 0 Å². The fourth-order valence-electron chi connectivity index (χ4n) is 5.94. The molecule has 0 bridgehead atoms. The van der Waals surface area contributed by atoms with Crippen molar-refractivity contribution in [3.63, 3.8) is 0 Å². The lowest BCUT2D eigenvalue weighted by molar-refractivity contribution is -0.152. The van der Waals surface area contributed by atoms with Crippen molar-refractivity contribution in [2.24, 2.45) is 22.7 Å². The van der Waals surface area contributed by atoms with Crippen LogP contribution in [0.4, 0.5) is 0 Å². The molecule has 0 radical (unpaired) electrons. The molecule has 4 atom stereocenters. The molecule has 0 unspecified atom stereocenters. The van der Waals surface area contributed by atoms with Crippen LogP contribution in [0.5, 0.6) is 0 Å². The van der Waals surface area contributed by atoms with Gasteiger partial charge in [0.15, 0.2) is 0 Å². The lowest BCUT2D eigenvalue weighted by atomic mass is 9.47. The monoisotopic (exact) mass is 360 g/mol. The minimum atomic E-state index is -0.210. The Balaban J connectivity index is 1.77. The highest BCUT2D eigenvalue weighted by Gasteiger charge is 2.54. The molecule has 0 amide bonds. The molecule has 0 spiro atoms. The van der Waals surface area contributed by atoms with E-state index in [9.17, 15) is 9.59 Å². The molecule has 0 aromatic rings. The van der Waals surface area contributed by atoms with E-state index in [1.165, 1.54) is 25.3 Å². The molecule has 0 saturated heterocycles. The maximum absolute atomic E-state index is 11.4. The Hall–Kier alpha value is -1.58. The van der Waals surface area contributed by atoms with Crippen LogP contribution in [0.1, 0.15) is 65.7 Å². The SMILES string of the molecule is C=C1CC[C@@H]2[C@@](C)(COC(C)=O)CCC[C@@]2(C)[C@@H]1CCC1=CC(=O)OC1. The van der Waals surface area contributed by atoms with Gasteiger partial charge in [-0.3, -0.25) is 4.79 Å². The van der Waals surface area contributed by atoms with Crippen LogP contribution >= 0.6 is 0 Å². The lowest BCUT2D eigenvalue weighted by Gasteiger charge is -2.58. The van der Waals surface area contributed by atoms with Gasteiger partial charge >= 0.3 is 11.9 Å². The van der Waals surface area contributed by atoms with Gasteiger partial charge in [0.1, 0.15) is 6.61 Å². The fraction of sp³-hybridized carbons (Fsp3) is 0.727. The van der Waals surface area contributed by atoms with Crippen LogP contribution in [0.15, 0.2) is 23.8 Å². The second kappa shape index (κ2) is 7.21. The smallest absolute Gasteiger partial charge is 0.331 e. The Bertz CT molecular complexity index is 634. The van der Waals surface area contributed by atoms with Crippen molar-refractivity contribution in [1.29, 1.82) is 0 Å². The Morgan fingerprint density at radius 2 is 2.15 bits per heavy atom. The highest BCUT2D eigenvalue weighted by Crippen LogP contribution is 2.62. The second-order valence-corrected chi connectivity index (χ2v) is 9.04. The number of hydrogen-bond acceptors (Lipinski definition) is 4. The molecular weight excluding hydrogens is 328 g/mol. The number of rotatable bonds is 5. The topological polar surface area (TPSA) is 52.6 Å². The number of hydrogen-bond donors (Lipinski definition) is 0. The Labute approximate surface area is 157 Å². The van der Waals surface area contributed by atoms with E-state index in [1.54, 1.807) is 6.08 Å². The van der Waals surface area contributed by atoms with Gasteiger partial charge in [-0.1, -0.05) is 32.4 Å². The molecule has 1 heterocycles. The first-order chi connectivity index (χ1) is 12.2. The van der Waals surface area contributed by atoms with E-state index in [2.05, 4.69) is 20.4 Å². The van der Waals surface area contributed by atoms with Gasteiger partial charge < -0.3 is 9.47 Å². The number of cyclic esters (lactones) is 1. The summed E-state index contributed by atoms with van der Waals surface area (Å²) in [7, 11) is 0. The number of allylic oxidation sites excluding steroid dienone is 1. The van der Waals surface area contributed by atoms with Crippen molar-refractivity contribution in [3.8, 4) is 0 Å². The number of fused-ring (bicyclic) bond motifs is 1. The lowest BCUT2D eigenvalue weighted by Crippen LogP contribution is -2.52. The number of carbonyl (C=O) groups is 2. The summed E-state index contributed by atoms with van der Waals surface area (Å²) in [6.07, 6.45) is 9.24. The predicted molar refractivity (Wildman–Crippen MR) is 100 cm³/mol. The highest BCUT2D eigenvalue weighted by atomic mass is 16.5. The van der Waals surface area contributed by atoms with Gasteiger partial charge in [-0.25, -0.2) is 4.79 Å². The maximum atomic E-state index is 11.4. The van der Waals surface area contributed by atoms with Gasteiger partial charge in [0.05, 0.1) is 6.61 Å². The van der Waals surface area contributed by atoms with Crippen LogP contribution in [-0.2, 0) is 19.1 Å². The zero-order chi connectivity index (χ0) is 18.9. The van der Waals surface area contributed by atoms with Gasteiger partial charge in [0.2, 0.25) is 0 Å². The summed E-state index contributed by atoms with van der Waals surface area (Å²) >= 11 is 0. The van der Waals surface area contributed by atoms with Crippen molar-refractivity contribution < 1.29 is 19.1 Å². The fourth-order valence-corrected chi connectivity index (χ4v) is 5.94. The molecule has 3 rings (SSSR count). The van der Waals surface area contributed by atoms with Crippen molar-refractivity contribution in [2.45, 2.75) is 65.7 Å². The van der Waals surface area contributed by atoms with Crippen molar-refractivity contribution in [2.75, 3.05) is 13.2 Å². The average Bonchev–Trinajstić information content (AvgIpc) is 2.97. The van der Waals surface area contributed by atoms with Crippen molar-refractivity contribution in [1.82, 2.24) is 0 Å². The molecule has 2 saturated carbocycles. The summed E-state index contributed by atoms with van der Waals surface area (Å²) in [5, 5.41) is 0. The molecule has 4 nitrogen and oxygen atoms in total. The molecule has 0 aromatic carbocycles. The van der Waals surface area contributed by atoms with Crippen LogP contribution in [0, 0.1) is 22.7 Å². The zero-order valence-corrected chi connectivity index (χ0v) is 16.4. The summed E-state index contributed by atoms with van der Waals surface area (Å²) in [6.45, 7) is 11.6. The average molecular weight is 360 g/mol. The molecule has 3 aliphatic rings. The van der Waals surface area contributed by atoms with Gasteiger partial charge in [0.25, 0.3) is 0 Å². The first kappa shape index (κ1) is 19.2. The third-order valence-electron chi connectivity index (χ3n) is 7.22. The second-order valence-electron chi connectivity index (χ2n) is 9.04. The van der Waals surface area contributed by atoms with Gasteiger partial charge in [-0.05, 0) is 61.3 Å². The maximum Gasteiger partial charge on any atom is 0.331 e. The normalized spacial score (nSPS) is 37.0. The van der Waals surface area contributed by atoms with E-state index in [4.69, 9.17) is 9.47 Å². The minimum absolute atomic E-state index is 0.0450. The van der Waals surface area contributed by atoms with E-state index >= 15 is 0 Å². The van der Waals surface area contributed by atoms with Crippen molar-refractivity contribution >= 4 is 11.9 Å². The van der Waals surface area contributed by atoms with E-state index in [0.29, 0.717) is 25.0 Å². The molecule has 1 aliphatic heterocycles. The third-order valence-corrected chi connectivity index (χ3v) is 7.22. The molecule has 0 aromatic heterocycles. The number of carbonyl (C=O) groups excluding carboxylic acids is 2. The molecule has 4 heteroatoms. The Kier molecular flexibility index (Phi) is 5.32. The molecular formula is C22H32O4. The number of ether oxygens (including phenoxy) is 2. The van der Waals surface area contributed by atoms with Crippen LogP contribution < -0.4 is 0 Å². The summed E-state index contributed by atoms with van der Waals surface area (Å²) in [5.41, 5.74) is 2.69.